The third kappa shape index (κ3) is 5.36. The van der Waals surface area contributed by atoms with Crippen molar-refractivity contribution in [1.82, 2.24) is 0 Å². The number of halogens is 2. The van der Waals surface area contributed by atoms with Crippen LogP contribution < -0.4 is 14.4 Å². The number of hydrogen-bond donors (Lipinski definition) is 0. The quantitative estimate of drug-likeness (QED) is 0.321. The van der Waals surface area contributed by atoms with Crippen LogP contribution >= 0.6 is 35.0 Å². The van der Waals surface area contributed by atoms with Gasteiger partial charge in [-0.1, -0.05) is 53.5 Å². The standard InChI is InChI=1S/C25H19Cl2NO4S/c1-2-31-21-13-17(12-20(27)23(21)32-15-16-8-10-18(26)11-9-16)14-22-24(29)28(25(30)33-22)19-6-4-3-5-7-19/h3-14H,2,15H2,1H3/b22-14-. The smallest absolute Gasteiger partial charge is 0.298 e. The molecule has 168 valence electrons. The van der Waals surface area contributed by atoms with Crippen molar-refractivity contribution in [2.75, 3.05) is 11.5 Å². The second-order valence-electron chi connectivity index (χ2n) is 7.03. The lowest BCUT2D eigenvalue weighted by Gasteiger charge is -2.15. The Morgan fingerprint density at radius 3 is 2.39 bits per heavy atom. The Bertz CT molecular complexity index is 1210. The maximum absolute atomic E-state index is 12.9. The monoisotopic (exact) mass is 499 g/mol. The Kier molecular flexibility index (Phi) is 7.28. The summed E-state index contributed by atoms with van der Waals surface area (Å²) >= 11 is 13.3. The number of hydrogen-bond acceptors (Lipinski definition) is 5. The fourth-order valence-corrected chi connectivity index (χ4v) is 4.47. The molecule has 2 amide bonds. The molecule has 0 aliphatic carbocycles. The van der Waals surface area contributed by atoms with Gasteiger partial charge in [0.2, 0.25) is 0 Å². The molecule has 0 unspecified atom stereocenters. The molecule has 0 bridgehead atoms. The van der Waals surface area contributed by atoms with E-state index in [0.717, 1.165) is 22.2 Å². The molecule has 1 fully saturated rings. The van der Waals surface area contributed by atoms with E-state index in [1.165, 1.54) is 0 Å². The molecule has 0 aromatic heterocycles. The van der Waals surface area contributed by atoms with E-state index in [2.05, 4.69) is 0 Å². The van der Waals surface area contributed by atoms with Crippen LogP contribution in [0.2, 0.25) is 10.0 Å². The van der Waals surface area contributed by atoms with E-state index in [0.29, 0.717) is 44.3 Å². The SMILES string of the molecule is CCOc1cc(/C=C2\SC(=O)N(c3ccccc3)C2=O)cc(Cl)c1OCc1ccc(Cl)cc1. The van der Waals surface area contributed by atoms with Crippen LogP contribution in [0.1, 0.15) is 18.1 Å². The number of para-hydroxylation sites is 1. The Labute approximate surface area is 205 Å². The van der Waals surface area contributed by atoms with E-state index in [9.17, 15) is 9.59 Å². The zero-order chi connectivity index (χ0) is 23.4. The lowest BCUT2D eigenvalue weighted by molar-refractivity contribution is -0.113. The first-order valence-corrected chi connectivity index (χ1v) is 11.7. The van der Waals surface area contributed by atoms with Crippen LogP contribution in [0.5, 0.6) is 11.5 Å². The molecule has 33 heavy (non-hydrogen) atoms. The largest absolute Gasteiger partial charge is 0.490 e. The van der Waals surface area contributed by atoms with E-state index in [1.54, 1.807) is 54.6 Å². The average Bonchev–Trinajstić information content (AvgIpc) is 3.08. The summed E-state index contributed by atoms with van der Waals surface area (Å²) in [6.07, 6.45) is 1.63. The topological polar surface area (TPSA) is 55.8 Å². The van der Waals surface area contributed by atoms with E-state index in [1.807, 2.05) is 25.1 Å². The molecule has 3 aromatic carbocycles. The molecular weight excluding hydrogens is 481 g/mol. The summed E-state index contributed by atoms with van der Waals surface area (Å²) < 4.78 is 11.7. The minimum Gasteiger partial charge on any atom is -0.490 e. The summed E-state index contributed by atoms with van der Waals surface area (Å²) in [6, 6.07) is 19.5. The summed E-state index contributed by atoms with van der Waals surface area (Å²) in [5, 5.41) is 0.632. The zero-order valence-corrected chi connectivity index (χ0v) is 19.9. The normalized spacial score (nSPS) is 14.8. The van der Waals surface area contributed by atoms with Gasteiger partial charge in [0.05, 0.1) is 22.2 Å². The first-order chi connectivity index (χ1) is 16.0. The highest BCUT2D eigenvalue weighted by Gasteiger charge is 2.36. The maximum atomic E-state index is 12.9. The molecule has 8 heteroatoms. The van der Waals surface area contributed by atoms with E-state index >= 15 is 0 Å². The van der Waals surface area contributed by atoms with Gasteiger partial charge in [-0.2, -0.15) is 0 Å². The van der Waals surface area contributed by atoms with Gasteiger partial charge in [0.25, 0.3) is 11.1 Å². The molecule has 0 spiro atoms. The number of anilines is 1. The predicted molar refractivity (Wildman–Crippen MR) is 133 cm³/mol. The molecule has 1 saturated heterocycles. The van der Waals surface area contributed by atoms with Crippen LogP contribution in [0.3, 0.4) is 0 Å². The Morgan fingerprint density at radius 2 is 1.70 bits per heavy atom. The third-order valence-electron chi connectivity index (χ3n) is 4.73. The third-order valence-corrected chi connectivity index (χ3v) is 6.14. The lowest BCUT2D eigenvalue weighted by Crippen LogP contribution is -2.27. The van der Waals surface area contributed by atoms with Gasteiger partial charge in [-0.15, -0.1) is 0 Å². The first kappa shape index (κ1) is 23.2. The van der Waals surface area contributed by atoms with Gasteiger partial charge in [0.15, 0.2) is 11.5 Å². The molecular formula is C25H19Cl2NO4S. The van der Waals surface area contributed by atoms with Crippen molar-refractivity contribution in [2.24, 2.45) is 0 Å². The number of imide groups is 1. The van der Waals surface area contributed by atoms with Gasteiger partial charge in [-0.05, 0) is 72.3 Å². The number of carbonyl (C=O) groups excluding carboxylic acids is 2. The molecule has 0 saturated carbocycles. The number of nitrogens with zero attached hydrogens (tertiary/aromatic N) is 1. The number of benzene rings is 3. The second-order valence-corrected chi connectivity index (χ2v) is 8.87. The van der Waals surface area contributed by atoms with Crippen LogP contribution in [-0.4, -0.2) is 17.8 Å². The van der Waals surface area contributed by atoms with Gasteiger partial charge < -0.3 is 9.47 Å². The molecule has 0 N–H and O–H groups in total. The maximum Gasteiger partial charge on any atom is 0.298 e. The van der Waals surface area contributed by atoms with Crippen LogP contribution in [0.25, 0.3) is 6.08 Å². The van der Waals surface area contributed by atoms with Gasteiger partial charge in [-0.3, -0.25) is 9.59 Å². The van der Waals surface area contributed by atoms with Crippen molar-refractivity contribution in [3.63, 3.8) is 0 Å². The summed E-state index contributed by atoms with van der Waals surface area (Å²) in [4.78, 5) is 26.8. The minimum absolute atomic E-state index is 0.284. The predicted octanol–water partition coefficient (Wildman–Crippen LogP) is 7.21. The van der Waals surface area contributed by atoms with Crippen molar-refractivity contribution >= 4 is 57.9 Å². The van der Waals surface area contributed by atoms with Crippen molar-refractivity contribution in [2.45, 2.75) is 13.5 Å². The Balaban J connectivity index is 1.59. The highest BCUT2D eigenvalue weighted by Crippen LogP contribution is 2.40. The fraction of sp³-hybridized carbons (Fsp3) is 0.120. The fourth-order valence-electron chi connectivity index (χ4n) is 3.23. The highest BCUT2D eigenvalue weighted by atomic mass is 35.5. The molecule has 0 atom stereocenters. The number of carbonyl (C=O) groups is 2. The van der Waals surface area contributed by atoms with Crippen molar-refractivity contribution in [1.29, 1.82) is 0 Å². The molecule has 5 nitrogen and oxygen atoms in total. The van der Waals surface area contributed by atoms with Crippen LogP contribution in [0.4, 0.5) is 10.5 Å². The Morgan fingerprint density at radius 1 is 0.970 bits per heavy atom. The van der Waals surface area contributed by atoms with Crippen molar-refractivity contribution in [3.05, 3.63) is 92.8 Å². The number of amides is 2. The van der Waals surface area contributed by atoms with Crippen LogP contribution in [0.15, 0.2) is 71.6 Å². The number of thioether (sulfide) groups is 1. The second kappa shape index (κ2) is 10.3. The van der Waals surface area contributed by atoms with Crippen LogP contribution in [-0.2, 0) is 11.4 Å². The molecule has 1 heterocycles. The highest BCUT2D eigenvalue weighted by molar-refractivity contribution is 8.19. The number of rotatable bonds is 7. The number of ether oxygens (including phenoxy) is 2. The van der Waals surface area contributed by atoms with E-state index in [4.69, 9.17) is 32.7 Å². The van der Waals surface area contributed by atoms with Crippen LogP contribution in [0, 0.1) is 0 Å². The lowest BCUT2D eigenvalue weighted by atomic mass is 10.1. The van der Waals surface area contributed by atoms with Gasteiger partial charge in [0, 0.05) is 5.02 Å². The summed E-state index contributed by atoms with van der Waals surface area (Å²) in [5.74, 6) is 0.476. The Hall–Kier alpha value is -2.93. The first-order valence-electron chi connectivity index (χ1n) is 10.1. The zero-order valence-electron chi connectivity index (χ0n) is 17.6. The molecule has 3 aromatic rings. The molecule has 0 radical (unpaired) electrons. The molecule has 1 aliphatic heterocycles. The van der Waals surface area contributed by atoms with Gasteiger partial charge in [0.1, 0.15) is 6.61 Å². The van der Waals surface area contributed by atoms with E-state index < -0.39 is 0 Å². The minimum atomic E-state index is -0.381. The molecule has 4 rings (SSSR count). The summed E-state index contributed by atoms with van der Waals surface area (Å²) in [6.45, 7) is 2.54. The van der Waals surface area contributed by atoms with Crippen molar-refractivity contribution < 1.29 is 19.1 Å². The van der Waals surface area contributed by atoms with E-state index in [-0.39, 0.29) is 17.8 Å². The van der Waals surface area contributed by atoms with Gasteiger partial charge >= 0.3 is 0 Å². The van der Waals surface area contributed by atoms with Crippen molar-refractivity contribution in [3.8, 4) is 11.5 Å². The average molecular weight is 500 g/mol. The summed E-state index contributed by atoms with van der Waals surface area (Å²) in [5.41, 5.74) is 2.08. The van der Waals surface area contributed by atoms with Gasteiger partial charge in [-0.25, -0.2) is 4.90 Å². The molecule has 1 aliphatic rings. The summed E-state index contributed by atoms with van der Waals surface area (Å²) in [7, 11) is 0.